The van der Waals surface area contributed by atoms with E-state index in [2.05, 4.69) is 4.98 Å². The summed E-state index contributed by atoms with van der Waals surface area (Å²) in [6, 6.07) is 8.46. The molecule has 0 aliphatic rings. The summed E-state index contributed by atoms with van der Waals surface area (Å²) in [6.07, 6.45) is 0. The van der Waals surface area contributed by atoms with Crippen LogP contribution in [0.3, 0.4) is 0 Å². The molecule has 0 unspecified atom stereocenters. The van der Waals surface area contributed by atoms with Crippen molar-refractivity contribution in [1.29, 1.82) is 0 Å². The molecule has 0 saturated carbocycles. The van der Waals surface area contributed by atoms with Crippen molar-refractivity contribution in [3.8, 4) is 10.6 Å². The van der Waals surface area contributed by atoms with E-state index in [-0.39, 0.29) is 6.54 Å². The van der Waals surface area contributed by atoms with Crippen LogP contribution in [0.15, 0.2) is 35.7 Å². The van der Waals surface area contributed by atoms with Gasteiger partial charge in [0.25, 0.3) is 0 Å². The molecule has 21 heavy (non-hydrogen) atoms. The number of nitrogens with one attached hydrogen (secondary N) is 1. The Balaban J connectivity index is 2.11. The zero-order chi connectivity index (χ0) is 15.5. The van der Waals surface area contributed by atoms with Gasteiger partial charge in [0, 0.05) is 18.0 Å². The average Bonchev–Trinajstić information content (AvgIpc) is 2.87. The number of urea groups is 1. The van der Waals surface area contributed by atoms with E-state index < -0.39 is 16.2 Å². The number of benzene rings is 1. The summed E-state index contributed by atoms with van der Waals surface area (Å²) in [5, 5.41) is 2.58. The van der Waals surface area contributed by atoms with Crippen LogP contribution < -0.4 is 10.5 Å². The standard InChI is InChI=1S/C12H14N4O3S2/c1-16(21(18,19)15-12(13)17)7-10-8-20-11(14-10)9-5-3-2-4-6-9/h2-6,8H,7H2,1H3,(H3,13,15,17). The summed E-state index contributed by atoms with van der Waals surface area (Å²) < 4.78 is 26.1. The summed E-state index contributed by atoms with van der Waals surface area (Å²) in [7, 11) is -2.60. The van der Waals surface area contributed by atoms with Crippen LogP contribution in [-0.4, -0.2) is 30.8 Å². The first-order chi connectivity index (χ1) is 9.88. The van der Waals surface area contributed by atoms with Crippen LogP contribution in [0.2, 0.25) is 0 Å². The van der Waals surface area contributed by atoms with Gasteiger partial charge in [0.1, 0.15) is 5.01 Å². The number of carbonyl (C=O) groups excluding carboxylic acids is 1. The lowest BCUT2D eigenvalue weighted by atomic mass is 10.2. The Morgan fingerprint density at radius 2 is 2.05 bits per heavy atom. The molecule has 9 heteroatoms. The molecule has 2 aromatic rings. The first kappa shape index (κ1) is 15.4. The van der Waals surface area contributed by atoms with Crippen LogP contribution in [0.4, 0.5) is 4.79 Å². The first-order valence-electron chi connectivity index (χ1n) is 5.92. The Morgan fingerprint density at radius 3 is 2.67 bits per heavy atom. The number of rotatable bonds is 5. The summed E-state index contributed by atoms with van der Waals surface area (Å²) >= 11 is 1.42. The van der Waals surface area contributed by atoms with Gasteiger partial charge < -0.3 is 5.73 Å². The number of hydrogen-bond donors (Lipinski definition) is 2. The zero-order valence-corrected chi connectivity index (χ0v) is 12.8. The summed E-state index contributed by atoms with van der Waals surface area (Å²) in [5.74, 6) is 0. The molecule has 0 saturated heterocycles. The molecule has 1 heterocycles. The third kappa shape index (κ3) is 4.00. The smallest absolute Gasteiger partial charge is 0.326 e. The van der Waals surface area contributed by atoms with E-state index in [1.54, 1.807) is 10.1 Å². The third-order valence-corrected chi connectivity index (χ3v) is 4.95. The average molecular weight is 326 g/mol. The lowest BCUT2D eigenvalue weighted by molar-refractivity contribution is 0.253. The Hall–Kier alpha value is -1.97. The van der Waals surface area contributed by atoms with Gasteiger partial charge in [0.05, 0.1) is 12.2 Å². The Morgan fingerprint density at radius 1 is 1.38 bits per heavy atom. The molecule has 0 radical (unpaired) electrons. The minimum absolute atomic E-state index is 0.0476. The normalized spacial score (nSPS) is 11.5. The first-order valence-corrected chi connectivity index (χ1v) is 8.24. The van der Waals surface area contributed by atoms with Gasteiger partial charge in [-0.05, 0) is 0 Å². The maximum atomic E-state index is 11.7. The van der Waals surface area contributed by atoms with E-state index in [1.165, 1.54) is 18.4 Å². The number of nitrogens with zero attached hydrogens (tertiary/aromatic N) is 2. The fraction of sp³-hybridized carbons (Fsp3) is 0.167. The minimum atomic E-state index is -3.94. The number of thiazole rings is 1. The molecule has 112 valence electrons. The number of amides is 2. The van der Waals surface area contributed by atoms with Crippen LogP contribution in [0, 0.1) is 0 Å². The van der Waals surface area contributed by atoms with Gasteiger partial charge in [-0.3, -0.25) is 0 Å². The third-order valence-electron chi connectivity index (χ3n) is 2.60. The molecule has 7 nitrogen and oxygen atoms in total. The molecule has 2 amide bonds. The van der Waals surface area contributed by atoms with Gasteiger partial charge in [0.15, 0.2) is 0 Å². The van der Waals surface area contributed by atoms with Crippen molar-refractivity contribution in [2.45, 2.75) is 6.54 Å². The van der Waals surface area contributed by atoms with Crippen molar-refractivity contribution in [3.63, 3.8) is 0 Å². The molecule has 0 bridgehead atoms. The van der Waals surface area contributed by atoms with E-state index in [1.807, 2.05) is 30.3 Å². The van der Waals surface area contributed by atoms with Gasteiger partial charge in [-0.1, -0.05) is 30.3 Å². The van der Waals surface area contributed by atoms with Gasteiger partial charge in [-0.2, -0.15) is 12.7 Å². The van der Waals surface area contributed by atoms with Crippen LogP contribution in [0.1, 0.15) is 5.69 Å². The van der Waals surface area contributed by atoms with Crippen LogP contribution in [0.5, 0.6) is 0 Å². The number of hydrogen-bond acceptors (Lipinski definition) is 5. The van der Waals surface area contributed by atoms with Crippen LogP contribution in [-0.2, 0) is 16.8 Å². The molecule has 0 spiro atoms. The molecule has 0 aliphatic carbocycles. The Bertz CT molecular complexity index is 728. The zero-order valence-electron chi connectivity index (χ0n) is 11.2. The van der Waals surface area contributed by atoms with E-state index >= 15 is 0 Å². The minimum Gasteiger partial charge on any atom is -0.351 e. The highest BCUT2D eigenvalue weighted by molar-refractivity contribution is 7.87. The number of carbonyl (C=O) groups is 1. The monoisotopic (exact) mass is 326 g/mol. The van der Waals surface area contributed by atoms with Crippen molar-refractivity contribution in [3.05, 3.63) is 41.4 Å². The topological polar surface area (TPSA) is 105 Å². The largest absolute Gasteiger partial charge is 0.351 e. The number of primary amides is 1. The second-order valence-corrected chi connectivity index (χ2v) is 6.87. The Kier molecular flexibility index (Phi) is 4.56. The molecule has 0 atom stereocenters. The molecule has 1 aromatic carbocycles. The van der Waals surface area contributed by atoms with Crippen molar-refractivity contribution in [2.24, 2.45) is 5.73 Å². The lowest BCUT2D eigenvalue weighted by Gasteiger charge is -2.15. The van der Waals surface area contributed by atoms with Gasteiger partial charge >= 0.3 is 16.2 Å². The quantitative estimate of drug-likeness (QED) is 0.860. The lowest BCUT2D eigenvalue weighted by Crippen LogP contribution is -2.43. The van der Waals surface area contributed by atoms with Crippen molar-refractivity contribution >= 4 is 27.6 Å². The van der Waals surface area contributed by atoms with Gasteiger partial charge in [-0.25, -0.2) is 14.5 Å². The maximum Gasteiger partial charge on any atom is 0.326 e. The highest BCUT2D eigenvalue weighted by Crippen LogP contribution is 2.23. The Labute approximate surface area is 126 Å². The predicted octanol–water partition coefficient (Wildman–Crippen LogP) is 1.15. The van der Waals surface area contributed by atoms with E-state index in [4.69, 9.17) is 5.73 Å². The van der Waals surface area contributed by atoms with Crippen molar-refractivity contribution in [2.75, 3.05) is 7.05 Å². The van der Waals surface area contributed by atoms with Crippen molar-refractivity contribution < 1.29 is 13.2 Å². The second kappa shape index (κ2) is 6.20. The fourth-order valence-corrected chi connectivity index (χ4v) is 3.14. The molecular formula is C12H14N4O3S2. The summed E-state index contributed by atoms with van der Waals surface area (Å²) in [4.78, 5) is 15.0. The number of aromatic nitrogens is 1. The van der Waals surface area contributed by atoms with Gasteiger partial charge in [0.2, 0.25) is 0 Å². The maximum absolute atomic E-state index is 11.7. The SMILES string of the molecule is CN(Cc1csc(-c2ccccc2)n1)S(=O)(=O)NC(N)=O. The molecule has 0 aliphatic heterocycles. The van der Waals surface area contributed by atoms with E-state index in [0.717, 1.165) is 14.9 Å². The summed E-state index contributed by atoms with van der Waals surface area (Å²) in [5.41, 5.74) is 6.38. The van der Waals surface area contributed by atoms with E-state index in [9.17, 15) is 13.2 Å². The van der Waals surface area contributed by atoms with Crippen LogP contribution >= 0.6 is 11.3 Å². The second-order valence-electron chi connectivity index (χ2n) is 4.24. The summed E-state index contributed by atoms with van der Waals surface area (Å²) in [6.45, 7) is 0.0476. The van der Waals surface area contributed by atoms with E-state index in [0.29, 0.717) is 5.69 Å². The highest BCUT2D eigenvalue weighted by Gasteiger charge is 2.20. The van der Waals surface area contributed by atoms with Gasteiger partial charge in [-0.15, -0.1) is 11.3 Å². The van der Waals surface area contributed by atoms with Crippen molar-refractivity contribution in [1.82, 2.24) is 14.0 Å². The number of nitrogens with two attached hydrogens (primary N) is 1. The highest BCUT2D eigenvalue weighted by atomic mass is 32.2. The molecule has 3 N–H and O–H groups in total. The fourth-order valence-electron chi connectivity index (χ4n) is 1.61. The predicted molar refractivity (Wildman–Crippen MR) is 80.7 cm³/mol. The molecule has 2 rings (SSSR count). The molecule has 0 fully saturated rings. The van der Waals surface area contributed by atoms with Crippen LogP contribution in [0.25, 0.3) is 10.6 Å². The molecular weight excluding hydrogens is 312 g/mol. The molecule has 1 aromatic heterocycles.